The molecule has 3 aromatic rings. The molecule has 1 atom stereocenters. The lowest BCUT2D eigenvalue weighted by Gasteiger charge is -2.33. The van der Waals surface area contributed by atoms with Crippen molar-refractivity contribution in [1.29, 1.82) is 0 Å². The molecule has 6 N–H and O–H groups in total. The molecular weight excluding hydrogens is 451 g/mol. The van der Waals surface area contributed by atoms with E-state index in [1.807, 2.05) is 6.07 Å². The van der Waals surface area contributed by atoms with Crippen molar-refractivity contribution in [2.75, 3.05) is 35.6 Å². The van der Waals surface area contributed by atoms with Gasteiger partial charge in [-0.25, -0.2) is 14.4 Å². The first-order valence-corrected chi connectivity index (χ1v) is 11.3. The molecule has 1 unspecified atom stereocenters. The minimum atomic E-state index is -0.634. The summed E-state index contributed by atoms with van der Waals surface area (Å²) in [6.45, 7) is 3.67. The summed E-state index contributed by atoms with van der Waals surface area (Å²) in [5, 5.41) is 5.46. The monoisotopic (exact) mass is 478 g/mol. The van der Waals surface area contributed by atoms with E-state index < -0.39 is 11.7 Å². The number of nitrogen functional groups attached to an aromatic ring is 1. The number of carbonyl (C=O) groups is 2. The number of amides is 2. The zero-order valence-corrected chi connectivity index (χ0v) is 19.3. The molecule has 0 bridgehead atoms. The fraction of sp³-hybridized carbons (Fsp3) is 0.292. The number of nitrogens with one attached hydrogen (secondary N) is 2. The average Bonchev–Trinajstić information content (AvgIpc) is 2.85. The maximum atomic E-state index is 14.6. The standard InChI is InChI=1S/C24H27FN8O2/c1-2-29-23(34)14-5-6-17(25)16(10-14)22-30-11-18(27)21(32-22)24(35)31-19-12-28-8-7-20(19)33-9-3-4-15(26)13-33/h5-8,10-12,15H,2-4,9,13,26-27H2,1H3,(H,29,34)(H,31,35). The van der Waals surface area contributed by atoms with Crippen LogP contribution in [0.5, 0.6) is 0 Å². The number of nitrogens with two attached hydrogens (primary N) is 2. The molecule has 3 heterocycles. The van der Waals surface area contributed by atoms with Gasteiger partial charge in [0.2, 0.25) is 0 Å². The second kappa shape index (κ2) is 10.4. The van der Waals surface area contributed by atoms with Gasteiger partial charge in [-0.15, -0.1) is 0 Å². The van der Waals surface area contributed by atoms with Gasteiger partial charge < -0.3 is 27.0 Å². The topological polar surface area (TPSA) is 152 Å². The van der Waals surface area contributed by atoms with Gasteiger partial charge in [0.25, 0.3) is 11.8 Å². The van der Waals surface area contributed by atoms with Crippen molar-refractivity contribution >= 4 is 28.9 Å². The summed E-state index contributed by atoms with van der Waals surface area (Å²) in [6.07, 6.45) is 6.32. The summed E-state index contributed by atoms with van der Waals surface area (Å²) >= 11 is 0. The average molecular weight is 479 g/mol. The summed E-state index contributed by atoms with van der Waals surface area (Å²) in [5.41, 5.74) is 13.5. The van der Waals surface area contributed by atoms with E-state index in [-0.39, 0.29) is 40.3 Å². The van der Waals surface area contributed by atoms with Crippen LogP contribution in [0.2, 0.25) is 0 Å². The first-order chi connectivity index (χ1) is 16.9. The molecule has 0 aliphatic carbocycles. The summed E-state index contributed by atoms with van der Waals surface area (Å²) in [7, 11) is 0. The zero-order valence-electron chi connectivity index (χ0n) is 19.3. The minimum Gasteiger partial charge on any atom is -0.396 e. The van der Waals surface area contributed by atoms with E-state index >= 15 is 0 Å². The van der Waals surface area contributed by atoms with E-state index in [2.05, 4.69) is 30.5 Å². The Bertz CT molecular complexity index is 1250. The van der Waals surface area contributed by atoms with Crippen LogP contribution in [0.25, 0.3) is 11.4 Å². The molecule has 1 fully saturated rings. The van der Waals surface area contributed by atoms with Crippen molar-refractivity contribution in [2.24, 2.45) is 5.73 Å². The van der Waals surface area contributed by atoms with Gasteiger partial charge in [0, 0.05) is 37.4 Å². The van der Waals surface area contributed by atoms with Gasteiger partial charge >= 0.3 is 0 Å². The van der Waals surface area contributed by atoms with Crippen LogP contribution in [0.3, 0.4) is 0 Å². The van der Waals surface area contributed by atoms with E-state index in [1.165, 1.54) is 18.3 Å². The fourth-order valence-electron chi connectivity index (χ4n) is 3.97. The second-order valence-electron chi connectivity index (χ2n) is 8.25. The Kier molecular flexibility index (Phi) is 7.16. The lowest BCUT2D eigenvalue weighted by Crippen LogP contribution is -2.43. The highest BCUT2D eigenvalue weighted by Crippen LogP contribution is 2.28. The first kappa shape index (κ1) is 24.0. The summed E-state index contributed by atoms with van der Waals surface area (Å²) in [5.74, 6) is -1.66. The Balaban J connectivity index is 1.63. The Labute approximate surface area is 202 Å². The van der Waals surface area contributed by atoms with Crippen LogP contribution in [0.1, 0.15) is 40.6 Å². The zero-order chi connectivity index (χ0) is 24.9. The molecule has 35 heavy (non-hydrogen) atoms. The van der Waals surface area contributed by atoms with Crippen molar-refractivity contribution in [1.82, 2.24) is 20.3 Å². The van der Waals surface area contributed by atoms with Crippen molar-refractivity contribution in [3.05, 3.63) is 59.9 Å². The molecule has 0 saturated carbocycles. The number of benzene rings is 1. The van der Waals surface area contributed by atoms with Gasteiger partial charge in [-0.2, -0.15) is 0 Å². The van der Waals surface area contributed by atoms with Gasteiger partial charge in [0.1, 0.15) is 5.82 Å². The third-order valence-corrected chi connectivity index (χ3v) is 5.68. The number of hydrogen-bond donors (Lipinski definition) is 4. The van der Waals surface area contributed by atoms with Crippen LogP contribution in [0.4, 0.5) is 21.5 Å². The van der Waals surface area contributed by atoms with E-state index in [0.29, 0.717) is 18.8 Å². The predicted octanol–water partition coefficient (Wildman–Crippen LogP) is 2.19. The maximum Gasteiger partial charge on any atom is 0.276 e. The van der Waals surface area contributed by atoms with Crippen LogP contribution in [0.15, 0.2) is 42.9 Å². The highest BCUT2D eigenvalue weighted by atomic mass is 19.1. The Morgan fingerprint density at radius 3 is 2.83 bits per heavy atom. The quantitative estimate of drug-likeness (QED) is 0.421. The maximum absolute atomic E-state index is 14.6. The largest absolute Gasteiger partial charge is 0.396 e. The molecule has 1 saturated heterocycles. The Morgan fingerprint density at radius 2 is 2.06 bits per heavy atom. The highest BCUT2D eigenvalue weighted by molar-refractivity contribution is 6.07. The Morgan fingerprint density at radius 1 is 1.23 bits per heavy atom. The number of carbonyl (C=O) groups excluding carboxylic acids is 2. The van der Waals surface area contributed by atoms with Crippen LogP contribution in [0, 0.1) is 5.82 Å². The molecule has 182 valence electrons. The molecule has 4 rings (SSSR count). The smallest absolute Gasteiger partial charge is 0.276 e. The van der Waals surface area contributed by atoms with Gasteiger partial charge in [-0.3, -0.25) is 14.6 Å². The highest BCUT2D eigenvalue weighted by Gasteiger charge is 2.22. The number of pyridine rings is 1. The van der Waals surface area contributed by atoms with Gasteiger partial charge in [0.15, 0.2) is 11.5 Å². The van der Waals surface area contributed by atoms with Crippen LogP contribution in [-0.4, -0.2) is 52.4 Å². The number of aromatic nitrogens is 3. The third kappa shape index (κ3) is 5.35. The number of halogens is 1. The van der Waals surface area contributed by atoms with E-state index in [1.54, 1.807) is 19.3 Å². The number of hydrogen-bond acceptors (Lipinski definition) is 8. The third-order valence-electron chi connectivity index (χ3n) is 5.68. The van der Waals surface area contributed by atoms with Gasteiger partial charge in [0.05, 0.1) is 35.0 Å². The van der Waals surface area contributed by atoms with E-state index in [0.717, 1.165) is 31.1 Å². The number of anilines is 3. The minimum absolute atomic E-state index is 0.0211. The summed E-state index contributed by atoms with van der Waals surface area (Å²) in [6, 6.07) is 5.72. The molecule has 11 heteroatoms. The van der Waals surface area contributed by atoms with Crippen molar-refractivity contribution in [2.45, 2.75) is 25.8 Å². The molecular formula is C24H27FN8O2. The van der Waals surface area contributed by atoms with Crippen LogP contribution >= 0.6 is 0 Å². The predicted molar refractivity (Wildman–Crippen MR) is 131 cm³/mol. The van der Waals surface area contributed by atoms with E-state index in [9.17, 15) is 14.0 Å². The van der Waals surface area contributed by atoms with E-state index in [4.69, 9.17) is 11.5 Å². The second-order valence-corrected chi connectivity index (χ2v) is 8.25. The number of nitrogens with zero attached hydrogens (tertiary/aromatic N) is 4. The lowest BCUT2D eigenvalue weighted by molar-refractivity contribution is 0.0954. The first-order valence-electron chi connectivity index (χ1n) is 11.3. The van der Waals surface area contributed by atoms with Crippen molar-refractivity contribution in [3.8, 4) is 11.4 Å². The van der Waals surface area contributed by atoms with Gasteiger partial charge in [-0.05, 0) is 44.0 Å². The molecule has 2 amide bonds. The molecule has 0 spiro atoms. The fourth-order valence-corrected chi connectivity index (χ4v) is 3.97. The van der Waals surface area contributed by atoms with Crippen molar-refractivity contribution in [3.63, 3.8) is 0 Å². The number of rotatable bonds is 6. The Hall–Kier alpha value is -4.12. The summed E-state index contributed by atoms with van der Waals surface area (Å²) < 4.78 is 14.6. The molecule has 2 aromatic heterocycles. The van der Waals surface area contributed by atoms with Crippen LogP contribution < -0.4 is 27.0 Å². The van der Waals surface area contributed by atoms with Gasteiger partial charge in [-0.1, -0.05) is 0 Å². The van der Waals surface area contributed by atoms with Crippen LogP contribution in [-0.2, 0) is 0 Å². The molecule has 1 aliphatic heterocycles. The number of piperidine rings is 1. The molecule has 10 nitrogen and oxygen atoms in total. The molecule has 0 radical (unpaired) electrons. The lowest BCUT2D eigenvalue weighted by atomic mass is 10.1. The van der Waals surface area contributed by atoms with Crippen molar-refractivity contribution < 1.29 is 14.0 Å². The molecule has 1 aliphatic rings. The SMILES string of the molecule is CCNC(=O)c1ccc(F)c(-c2ncc(N)c(C(=O)Nc3cnccc3N3CCCC(N)C3)n2)c1. The summed E-state index contributed by atoms with van der Waals surface area (Å²) in [4.78, 5) is 39.9. The molecule has 1 aromatic carbocycles. The normalized spacial score (nSPS) is 15.5.